The van der Waals surface area contributed by atoms with Gasteiger partial charge in [0.05, 0.1) is 11.0 Å². The maximum absolute atomic E-state index is 5.05. The van der Waals surface area contributed by atoms with Crippen molar-refractivity contribution in [2.75, 3.05) is 0 Å². The van der Waals surface area contributed by atoms with Gasteiger partial charge in [-0.25, -0.2) is 9.98 Å². The largest absolute Gasteiger partial charge is 0.344 e. The van der Waals surface area contributed by atoms with E-state index in [4.69, 9.17) is 9.98 Å². The average Bonchev–Trinajstić information content (AvgIpc) is 3.85. The normalized spacial score (nSPS) is 14.9. The summed E-state index contributed by atoms with van der Waals surface area (Å²) in [4.78, 5) is 10.1. The fraction of sp³-hybridized carbons (Fsp3) is 0.0222. The summed E-state index contributed by atoms with van der Waals surface area (Å²) in [7, 11) is 0. The first kappa shape index (κ1) is 28.7. The fourth-order valence-corrected chi connectivity index (χ4v) is 10.0. The SMILES string of the molecule is c1ccc(C2=NC(c3ccccc3)NC(c3ccc4c(c3)sc3cc5sc6cc(-n7c8ccccc8c8ccccc87)ccc6c5cc34)=N2)cc1. The van der Waals surface area contributed by atoms with Gasteiger partial charge in [0, 0.05) is 67.9 Å². The van der Waals surface area contributed by atoms with Crippen LogP contribution in [0, 0.1) is 0 Å². The number of benzene rings is 7. The first-order valence-corrected chi connectivity index (χ1v) is 18.7. The Balaban J connectivity index is 1.01. The number of hydrogen-bond acceptors (Lipinski definition) is 5. The third-order valence-corrected chi connectivity index (χ3v) is 12.3. The zero-order chi connectivity index (χ0) is 33.5. The van der Waals surface area contributed by atoms with Gasteiger partial charge in [0.15, 0.2) is 5.84 Å². The van der Waals surface area contributed by atoms with E-state index in [-0.39, 0.29) is 6.17 Å². The number of hydrogen-bond donors (Lipinski definition) is 1. The van der Waals surface area contributed by atoms with Crippen LogP contribution in [0.1, 0.15) is 22.9 Å². The number of amidine groups is 2. The van der Waals surface area contributed by atoms with Crippen LogP contribution in [0.3, 0.4) is 0 Å². The monoisotopic (exact) mass is 688 g/mol. The van der Waals surface area contributed by atoms with E-state index >= 15 is 0 Å². The molecule has 3 aromatic heterocycles. The molecule has 1 aliphatic heterocycles. The second kappa shape index (κ2) is 11.2. The van der Waals surface area contributed by atoms with E-state index in [9.17, 15) is 0 Å². The van der Waals surface area contributed by atoms with E-state index in [1.54, 1.807) is 0 Å². The zero-order valence-corrected chi connectivity index (χ0v) is 28.9. The summed E-state index contributed by atoms with van der Waals surface area (Å²) < 4.78 is 7.58. The lowest BCUT2D eigenvalue weighted by Crippen LogP contribution is -2.33. The summed E-state index contributed by atoms with van der Waals surface area (Å²) in [6.45, 7) is 0. The highest BCUT2D eigenvalue weighted by atomic mass is 32.1. The van der Waals surface area contributed by atoms with E-state index in [1.165, 1.54) is 67.8 Å². The molecule has 0 aliphatic carbocycles. The second-order valence-electron chi connectivity index (χ2n) is 13.0. The van der Waals surface area contributed by atoms with Crippen LogP contribution in [-0.2, 0) is 0 Å². The van der Waals surface area contributed by atoms with Crippen LogP contribution in [0.25, 0.3) is 67.8 Å². The van der Waals surface area contributed by atoms with Crippen molar-refractivity contribution in [3.63, 3.8) is 0 Å². The van der Waals surface area contributed by atoms with E-state index < -0.39 is 0 Å². The average molecular weight is 689 g/mol. The van der Waals surface area contributed by atoms with Gasteiger partial charge in [0.25, 0.3) is 0 Å². The molecule has 1 atom stereocenters. The predicted octanol–water partition coefficient (Wildman–Crippen LogP) is 12.0. The minimum atomic E-state index is -0.220. The number of thiophene rings is 2. The molecule has 4 heterocycles. The van der Waals surface area contributed by atoms with Crippen molar-refractivity contribution in [2.45, 2.75) is 6.17 Å². The summed E-state index contributed by atoms with van der Waals surface area (Å²) in [5.41, 5.74) is 6.84. The molecule has 4 nitrogen and oxygen atoms in total. The number of aromatic nitrogens is 1. The molecule has 0 saturated heterocycles. The smallest absolute Gasteiger partial charge is 0.159 e. The molecule has 1 unspecified atom stereocenters. The quantitative estimate of drug-likeness (QED) is 0.196. The number of nitrogens with one attached hydrogen (secondary N) is 1. The molecule has 1 N–H and O–H groups in total. The number of nitrogens with zero attached hydrogens (tertiary/aromatic N) is 3. The molecule has 240 valence electrons. The van der Waals surface area contributed by atoms with E-state index in [1.807, 2.05) is 46.9 Å². The molecular weight excluding hydrogens is 661 g/mol. The Bertz CT molecular complexity index is 3000. The number of fused-ring (bicyclic) bond motifs is 9. The molecule has 10 aromatic rings. The van der Waals surface area contributed by atoms with Crippen LogP contribution in [0.2, 0.25) is 0 Å². The summed E-state index contributed by atoms with van der Waals surface area (Å²) in [5.74, 6) is 1.58. The van der Waals surface area contributed by atoms with Crippen LogP contribution < -0.4 is 5.32 Å². The van der Waals surface area contributed by atoms with Gasteiger partial charge in [-0.15, -0.1) is 22.7 Å². The number of aliphatic imine (C=N–C) groups is 2. The Labute approximate surface area is 301 Å². The maximum atomic E-state index is 5.05. The van der Waals surface area contributed by atoms with Gasteiger partial charge in [0.1, 0.15) is 12.0 Å². The molecule has 0 spiro atoms. The molecule has 0 fully saturated rings. The Morgan fingerprint density at radius 3 is 1.76 bits per heavy atom. The van der Waals surface area contributed by atoms with Crippen molar-refractivity contribution in [2.24, 2.45) is 9.98 Å². The third kappa shape index (κ3) is 4.57. The van der Waals surface area contributed by atoms with Crippen molar-refractivity contribution in [3.05, 3.63) is 174 Å². The standard InChI is InChI=1S/C45H28N4S2/c1-3-11-27(12-4-1)43-46-44(28-13-5-2-6-14-28)48-45(47-43)29-19-21-33-35-25-36-34-22-20-30(24-40(34)51-42(36)26-41(35)50-39(33)23-29)49-37-17-9-7-15-31(37)32-16-8-10-18-38(32)49/h1-26,43H,(H,46,47,48). The molecule has 7 aromatic carbocycles. The second-order valence-corrected chi connectivity index (χ2v) is 15.2. The lowest BCUT2D eigenvalue weighted by atomic mass is 10.1. The van der Waals surface area contributed by atoms with Crippen molar-refractivity contribution >= 4 is 96.5 Å². The minimum absolute atomic E-state index is 0.220. The Morgan fingerprint density at radius 2 is 1.06 bits per heavy atom. The van der Waals surface area contributed by atoms with Gasteiger partial charge in [-0.1, -0.05) is 115 Å². The summed E-state index contributed by atoms with van der Waals surface area (Å²) in [5, 5.41) is 11.4. The molecule has 0 saturated carbocycles. The Morgan fingerprint density at radius 1 is 0.471 bits per heavy atom. The Hall–Kier alpha value is -6.08. The van der Waals surface area contributed by atoms with Gasteiger partial charge >= 0.3 is 0 Å². The van der Waals surface area contributed by atoms with Crippen molar-refractivity contribution in [3.8, 4) is 5.69 Å². The fourth-order valence-electron chi connectivity index (χ4n) is 7.64. The van der Waals surface area contributed by atoms with Crippen LogP contribution in [-0.4, -0.2) is 16.2 Å². The highest BCUT2D eigenvalue weighted by Gasteiger charge is 2.22. The number of para-hydroxylation sites is 2. The van der Waals surface area contributed by atoms with E-state index in [0.29, 0.717) is 0 Å². The van der Waals surface area contributed by atoms with E-state index in [0.717, 1.165) is 28.4 Å². The first-order valence-electron chi connectivity index (χ1n) is 17.1. The lowest BCUT2D eigenvalue weighted by molar-refractivity contribution is 0.674. The summed E-state index contributed by atoms with van der Waals surface area (Å²) in [6.07, 6.45) is -0.220. The zero-order valence-electron chi connectivity index (χ0n) is 27.2. The first-order chi connectivity index (χ1) is 25.2. The molecule has 6 heteroatoms. The highest BCUT2D eigenvalue weighted by molar-refractivity contribution is 7.28. The summed E-state index contributed by atoms with van der Waals surface area (Å²) >= 11 is 3.73. The molecule has 51 heavy (non-hydrogen) atoms. The van der Waals surface area contributed by atoms with E-state index in [2.05, 4.69) is 143 Å². The Kier molecular flexibility index (Phi) is 6.32. The number of rotatable bonds is 4. The topological polar surface area (TPSA) is 41.7 Å². The van der Waals surface area contributed by atoms with Gasteiger partial charge in [-0.2, -0.15) is 0 Å². The third-order valence-electron chi connectivity index (χ3n) is 10.1. The van der Waals surface area contributed by atoms with Crippen LogP contribution in [0.15, 0.2) is 168 Å². The molecule has 0 radical (unpaired) electrons. The van der Waals surface area contributed by atoms with Crippen LogP contribution in [0.4, 0.5) is 0 Å². The van der Waals surface area contributed by atoms with Gasteiger partial charge in [-0.05, 0) is 48.0 Å². The van der Waals surface area contributed by atoms with Crippen LogP contribution in [0.5, 0.6) is 0 Å². The molecular formula is C45H28N4S2. The van der Waals surface area contributed by atoms with Crippen molar-refractivity contribution in [1.29, 1.82) is 0 Å². The van der Waals surface area contributed by atoms with Crippen LogP contribution >= 0.6 is 22.7 Å². The van der Waals surface area contributed by atoms with Crippen molar-refractivity contribution < 1.29 is 0 Å². The molecule has 0 bridgehead atoms. The summed E-state index contributed by atoms with van der Waals surface area (Å²) in [6, 6.07) is 56.5. The molecule has 0 amide bonds. The lowest BCUT2D eigenvalue weighted by Gasteiger charge is -2.23. The highest BCUT2D eigenvalue weighted by Crippen LogP contribution is 2.43. The van der Waals surface area contributed by atoms with Gasteiger partial charge in [-0.3, -0.25) is 0 Å². The predicted molar refractivity (Wildman–Crippen MR) is 218 cm³/mol. The van der Waals surface area contributed by atoms with Crippen molar-refractivity contribution in [1.82, 2.24) is 9.88 Å². The molecule has 1 aliphatic rings. The van der Waals surface area contributed by atoms with Gasteiger partial charge < -0.3 is 9.88 Å². The maximum Gasteiger partial charge on any atom is 0.159 e. The minimum Gasteiger partial charge on any atom is -0.344 e. The molecule has 11 rings (SSSR count). The van der Waals surface area contributed by atoms with Gasteiger partial charge in [0.2, 0.25) is 0 Å².